The van der Waals surface area contributed by atoms with Crippen molar-refractivity contribution in [3.8, 4) is 0 Å². The summed E-state index contributed by atoms with van der Waals surface area (Å²) in [6, 6.07) is 4.34. The molecule has 1 saturated carbocycles. The van der Waals surface area contributed by atoms with Gasteiger partial charge < -0.3 is 0 Å². The average Bonchev–Trinajstić information content (AvgIpc) is 2.44. The minimum absolute atomic E-state index is 0.774. The lowest BCUT2D eigenvalue weighted by atomic mass is 10.3. The van der Waals surface area contributed by atoms with E-state index < -0.39 is 0 Å². The van der Waals surface area contributed by atoms with E-state index in [9.17, 15) is 0 Å². The second-order valence-corrected chi connectivity index (χ2v) is 4.53. The predicted molar refractivity (Wildman–Crippen MR) is 44.4 cm³/mol. The molecule has 2 heteroatoms. The Hall–Kier alpha value is 0.180. The van der Waals surface area contributed by atoms with Crippen molar-refractivity contribution in [3.05, 3.63) is 22.4 Å². The Labute approximate surface area is 67.0 Å². The molecule has 1 heterocycles. The zero-order valence-corrected chi connectivity index (χ0v) is 7.28. The maximum Gasteiger partial charge on any atom is 0.0229 e. The molecule has 0 amide bonds. The van der Waals surface area contributed by atoms with Crippen molar-refractivity contribution in [1.82, 2.24) is 0 Å². The third kappa shape index (κ3) is 1.06. The Morgan fingerprint density at radius 3 is 2.89 bits per heavy atom. The van der Waals surface area contributed by atoms with Crippen LogP contribution in [0.2, 0.25) is 0 Å². The number of alkyl halides is 1. The first kappa shape index (κ1) is 5.93. The van der Waals surface area contributed by atoms with Crippen LogP contribution >= 0.6 is 27.3 Å². The highest BCUT2D eigenvalue weighted by atomic mass is 79.9. The SMILES string of the molecule is Br[C@@H]1C[C@H]1c1cccs1. The molecule has 2 rings (SSSR count). The third-order valence-electron chi connectivity index (χ3n) is 1.62. The molecule has 1 aromatic heterocycles. The molecule has 0 bridgehead atoms. The van der Waals surface area contributed by atoms with Gasteiger partial charge in [0, 0.05) is 15.6 Å². The van der Waals surface area contributed by atoms with Crippen LogP contribution in [0.3, 0.4) is 0 Å². The van der Waals surface area contributed by atoms with Crippen LogP contribution in [0.4, 0.5) is 0 Å². The summed E-state index contributed by atoms with van der Waals surface area (Å²) in [7, 11) is 0. The standard InChI is InChI=1S/C7H7BrS/c8-6-4-5(6)7-2-1-3-9-7/h1-3,5-6H,4H2/t5-,6-/m1/s1. The quantitative estimate of drug-likeness (QED) is 0.615. The van der Waals surface area contributed by atoms with Crippen LogP contribution in [0.1, 0.15) is 17.2 Å². The number of hydrogen-bond donors (Lipinski definition) is 0. The molecule has 0 unspecified atom stereocenters. The fraction of sp³-hybridized carbons (Fsp3) is 0.429. The lowest BCUT2D eigenvalue weighted by molar-refractivity contribution is 1.19. The Kier molecular flexibility index (Phi) is 1.38. The van der Waals surface area contributed by atoms with Gasteiger partial charge in [0.05, 0.1) is 0 Å². The molecule has 0 N–H and O–H groups in total. The van der Waals surface area contributed by atoms with Crippen molar-refractivity contribution in [3.63, 3.8) is 0 Å². The van der Waals surface area contributed by atoms with E-state index in [0.717, 1.165) is 10.7 Å². The zero-order valence-electron chi connectivity index (χ0n) is 4.88. The second-order valence-electron chi connectivity index (χ2n) is 2.37. The second kappa shape index (κ2) is 2.10. The number of rotatable bonds is 1. The van der Waals surface area contributed by atoms with Crippen molar-refractivity contribution in [1.29, 1.82) is 0 Å². The highest BCUT2D eigenvalue weighted by Gasteiger charge is 2.36. The summed E-state index contributed by atoms with van der Waals surface area (Å²) in [4.78, 5) is 2.31. The monoisotopic (exact) mass is 202 g/mol. The van der Waals surface area contributed by atoms with E-state index in [1.807, 2.05) is 11.3 Å². The van der Waals surface area contributed by atoms with Crippen LogP contribution in [0.5, 0.6) is 0 Å². The van der Waals surface area contributed by atoms with Crippen molar-refractivity contribution >= 4 is 27.3 Å². The minimum Gasteiger partial charge on any atom is -0.149 e. The van der Waals surface area contributed by atoms with Gasteiger partial charge in [-0.3, -0.25) is 0 Å². The summed E-state index contributed by atoms with van der Waals surface area (Å²) in [5.41, 5.74) is 0. The van der Waals surface area contributed by atoms with E-state index in [1.54, 1.807) is 0 Å². The molecule has 9 heavy (non-hydrogen) atoms. The summed E-state index contributed by atoms with van der Waals surface area (Å²) in [6.45, 7) is 0. The third-order valence-corrected chi connectivity index (χ3v) is 3.64. The maximum atomic E-state index is 3.58. The van der Waals surface area contributed by atoms with Crippen LogP contribution in [0.25, 0.3) is 0 Å². The molecule has 1 fully saturated rings. The van der Waals surface area contributed by atoms with Gasteiger partial charge in [-0.2, -0.15) is 0 Å². The van der Waals surface area contributed by atoms with Crippen LogP contribution in [0.15, 0.2) is 17.5 Å². The molecular formula is C7H7BrS. The molecule has 2 atom stereocenters. The smallest absolute Gasteiger partial charge is 0.0229 e. The van der Waals surface area contributed by atoms with Gasteiger partial charge in [-0.15, -0.1) is 11.3 Å². The van der Waals surface area contributed by atoms with E-state index in [4.69, 9.17) is 0 Å². The highest BCUT2D eigenvalue weighted by Crippen LogP contribution is 2.47. The van der Waals surface area contributed by atoms with Gasteiger partial charge in [0.2, 0.25) is 0 Å². The van der Waals surface area contributed by atoms with E-state index in [-0.39, 0.29) is 0 Å². The Morgan fingerprint density at radius 1 is 1.67 bits per heavy atom. The normalized spacial score (nSPS) is 32.6. The van der Waals surface area contributed by atoms with Crippen LogP contribution < -0.4 is 0 Å². The molecule has 0 spiro atoms. The molecule has 0 radical (unpaired) electrons. The average molecular weight is 203 g/mol. The predicted octanol–water partition coefficient (Wildman–Crippen LogP) is 3.00. The van der Waals surface area contributed by atoms with Gasteiger partial charge in [-0.1, -0.05) is 22.0 Å². The summed E-state index contributed by atoms with van der Waals surface area (Å²) >= 11 is 5.44. The number of thiophene rings is 1. The molecular weight excluding hydrogens is 196 g/mol. The molecule has 0 nitrogen and oxygen atoms in total. The van der Waals surface area contributed by atoms with Gasteiger partial charge >= 0.3 is 0 Å². The van der Waals surface area contributed by atoms with Crippen molar-refractivity contribution in [2.24, 2.45) is 0 Å². The molecule has 1 aliphatic rings. The fourth-order valence-electron chi connectivity index (χ4n) is 0.961. The first-order valence-corrected chi connectivity index (χ1v) is 4.85. The van der Waals surface area contributed by atoms with Gasteiger partial charge in [0.15, 0.2) is 0 Å². The summed E-state index contributed by atoms with van der Waals surface area (Å²) < 4.78 is 0. The van der Waals surface area contributed by atoms with Crippen molar-refractivity contribution in [2.75, 3.05) is 0 Å². The largest absolute Gasteiger partial charge is 0.149 e. The summed E-state index contributed by atoms with van der Waals surface area (Å²) in [5, 5.41) is 2.15. The van der Waals surface area contributed by atoms with E-state index in [1.165, 1.54) is 11.3 Å². The lowest BCUT2D eigenvalue weighted by Gasteiger charge is -1.85. The van der Waals surface area contributed by atoms with E-state index in [2.05, 4.69) is 33.4 Å². The summed E-state index contributed by atoms with van der Waals surface area (Å²) in [5.74, 6) is 0.838. The molecule has 1 aliphatic carbocycles. The molecule has 0 aliphatic heterocycles. The lowest BCUT2D eigenvalue weighted by Crippen LogP contribution is -1.70. The number of hydrogen-bond acceptors (Lipinski definition) is 1. The first-order chi connectivity index (χ1) is 4.38. The van der Waals surface area contributed by atoms with E-state index in [0.29, 0.717) is 0 Å². The van der Waals surface area contributed by atoms with Gasteiger partial charge in [0.25, 0.3) is 0 Å². The zero-order chi connectivity index (χ0) is 6.27. The minimum atomic E-state index is 0.774. The topological polar surface area (TPSA) is 0 Å². The first-order valence-electron chi connectivity index (χ1n) is 3.05. The Bertz CT molecular complexity index is 193. The Balaban J connectivity index is 2.18. The van der Waals surface area contributed by atoms with Crippen molar-refractivity contribution in [2.45, 2.75) is 17.2 Å². The molecule has 0 saturated heterocycles. The molecule has 1 aromatic rings. The van der Waals surface area contributed by atoms with Crippen LogP contribution in [0, 0.1) is 0 Å². The maximum absolute atomic E-state index is 3.58. The molecule has 48 valence electrons. The molecule has 0 aromatic carbocycles. The van der Waals surface area contributed by atoms with Crippen molar-refractivity contribution < 1.29 is 0 Å². The Morgan fingerprint density at radius 2 is 2.44 bits per heavy atom. The summed E-state index contributed by atoms with van der Waals surface area (Å²) in [6.07, 6.45) is 1.33. The fourth-order valence-corrected chi connectivity index (χ4v) is 2.73. The highest BCUT2D eigenvalue weighted by molar-refractivity contribution is 9.09. The van der Waals surface area contributed by atoms with Gasteiger partial charge in [0.1, 0.15) is 0 Å². The van der Waals surface area contributed by atoms with Gasteiger partial charge in [-0.05, 0) is 17.9 Å². The van der Waals surface area contributed by atoms with Gasteiger partial charge in [-0.25, -0.2) is 0 Å². The van der Waals surface area contributed by atoms with E-state index >= 15 is 0 Å². The van der Waals surface area contributed by atoms with Crippen LogP contribution in [-0.2, 0) is 0 Å². The number of halogens is 1. The van der Waals surface area contributed by atoms with Crippen LogP contribution in [-0.4, -0.2) is 4.83 Å².